The van der Waals surface area contributed by atoms with Crippen LogP contribution in [0.2, 0.25) is 0 Å². The maximum Gasteiger partial charge on any atom is 0.330 e. The normalized spacial score (nSPS) is 28.6. The molecule has 2 bridgehead atoms. The number of rotatable bonds is 6. The molecule has 2 aliphatic carbocycles. The molecular weight excluding hydrogens is 372 g/mol. The van der Waals surface area contributed by atoms with E-state index in [9.17, 15) is 19.2 Å². The van der Waals surface area contributed by atoms with Gasteiger partial charge in [0.05, 0.1) is 11.8 Å². The fourth-order valence-corrected chi connectivity index (χ4v) is 5.32. The maximum absolute atomic E-state index is 13.0. The molecule has 7 heteroatoms. The first kappa shape index (κ1) is 19.6. The van der Waals surface area contributed by atoms with Crippen LogP contribution in [0.3, 0.4) is 0 Å². The van der Waals surface area contributed by atoms with Gasteiger partial charge in [0, 0.05) is 5.69 Å². The van der Waals surface area contributed by atoms with Gasteiger partial charge in [0.15, 0.2) is 6.61 Å². The highest BCUT2D eigenvalue weighted by molar-refractivity contribution is 6.08. The van der Waals surface area contributed by atoms with Crippen LogP contribution in [0.1, 0.15) is 33.1 Å². The summed E-state index contributed by atoms with van der Waals surface area (Å²) in [6, 6.07) is 7.85. The molecule has 1 aliphatic heterocycles. The van der Waals surface area contributed by atoms with Gasteiger partial charge in [-0.25, -0.2) is 4.79 Å². The highest BCUT2D eigenvalue weighted by Crippen LogP contribution is 2.56. The Labute approximate surface area is 169 Å². The number of fused-ring (bicyclic) bond motifs is 5. The molecule has 0 radical (unpaired) electrons. The molecule has 3 fully saturated rings. The number of ether oxygens (including phenoxy) is 1. The molecule has 29 heavy (non-hydrogen) atoms. The van der Waals surface area contributed by atoms with Gasteiger partial charge in [-0.15, -0.1) is 0 Å². The number of imide groups is 1. The largest absolute Gasteiger partial charge is 0.454 e. The molecule has 3 amide bonds. The first-order chi connectivity index (χ1) is 13.9. The number of hydrogen-bond donors (Lipinski definition) is 1. The summed E-state index contributed by atoms with van der Waals surface area (Å²) >= 11 is 0. The molecule has 1 aromatic rings. The van der Waals surface area contributed by atoms with Crippen LogP contribution < -0.4 is 5.32 Å². The van der Waals surface area contributed by atoms with Crippen LogP contribution in [0.5, 0.6) is 0 Å². The first-order valence-electron chi connectivity index (χ1n) is 10.3. The Balaban J connectivity index is 1.42. The van der Waals surface area contributed by atoms with Crippen LogP contribution in [0.15, 0.2) is 30.3 Å². The molecule has 1 saturated heterocycles. The number of anilines is 1. The van der Waals surface area contributed by atoms with Crippen LogP contribution in [0.25, 0.3) is 0 Å². The van der Waals surface area contributed by atoms with E-state index in [2.05, 4.69) is 5.32 Å². The molecule has 1 heterocycles. The topological polar surface area (TPSA) is 92.8 Å². The molecule has 7 nitrogen and oxygen atoms in total. The van der Waals surface area contributed by atoms with Crippen molar-refractivity contribution in [2.75, 3.05) is 11.9 Å². The summed E-state index contributed by atoms with van der Waals surface area (Å²) < 4.78 is 5.20. The van der Waals surface area contributed by atoms with E-state index in [1.54, 1.807) is 38.1 Å². The van der Waals surface area contributed by atoms with Crippen LogP contribution in [0.4, 0.5) is 5.69 Å². The molecule has 1 aromatic carbocycles. The van der Waals surface area contributed by atoms with Crippen molar-refractivity contribution in [3.63, 3.8) is 0 Å². The number of esters is 1. The Morgan fingerprint density at radius 3 is 2.21 bits per heavy atom. The molecular formula is C22H26N2O5. The molecule has 5 atom stereocenters. The minimum atomic E-state index is -0.996. The van der Waals surface area contributed by atoms with Gasteiger partial charge in [-0.05, 0) is 49.1 Å². The van der Waals surface area contributed by atoms with Gasteiger partial charge in [0.2, 0.25) is 11.8 Å². The summed E-state index contributed by atoms with van der Waals surface area (Å²) in [4.78, 5) is 52.1. The van der Waals surface area contributed by atoms with Crippen LogP contribution in [0, 0.1) is 29.6 Å². The average molecular weight is 398 g/mol. The Hall–Kier alpha value is -2.70. The Bertz CT molecular complexity index is 809. The SMILES string of the molecule is CC(C)[C@H](C(=O)OCC(=O)Nc1ccccc1)N1C(=O)[C@@H]2[C@H]3CC[C@@H](C3)[C@@H]2C1=O. The number of amides is 3. The second kappa shape index (κ2) is 7.61. The van der Waals surface area contributed by atoms with Crippen molar-refractivity contribution >= 4 is 29.4 Å². The standard InChI is InChI=1S/C22H26N2O5/c1-12(2)19(22(28)29-11-16(25)23-15-6-4-3-5-7-15)24-20(26)17-13-8-9-14(10-13)18(17)21(24)27/h3-7,12-14,17-19H,8-11H2,1-2H3,(H,23,25)/t13-,14-,17-,18+,19+/m0/s1. The van der Waals surface area contributed by atoms with Crippen molar-refractivity contribution in [1.29, 1.82) is 0 Å². The first-order valence-corrected chi connectivity index (χ1v) is 10.3. The summed E-state index contributed by atoms with van der Waals surface area (Å²) in [5.41, 5.74) is 0.599. The van der Waals surface area contributed by atoms with Gasteiger partial charge in [0.25, 0.3) is 5.91 Å². The van der Waals surface area contributed by atoms with Gasteiger partial charge < -0.3 is 10.1 Å². The van der Waals surface area contributed by atoms with Crippen molar-refractivity contribution in [3.8, 4) is 0 Å². The van der Waals surface area contributed by atoms with Crippen LogP contribution >= 0.6 is 0 Å². The zero-order valence-electron chi connectivity index (χ0n) is 16.7. The number of likely N-dealkylation sites (tertiary alicyclic amines) is 1. The Kier molecular flexibility index (Phi) is 5.15. The average Bonchev–Trinajstić information content (AvgIpc) is 3.37. The number of benzene rings is 1. The number of carbonyl (C=O) groups is 4. The predicted octanol–water partition coefficient (Wildman–Crippen LogP) is 2.22. The van der Waals surface area contributed by atoms with Crippen molar-refractivity contribution in [1.82, 2.24) is 4.90 Å². The fraction of sp³-hybridized carbons (Fsp3) is 0.545. The number of hydrogen-bond acceptors (Lipinski definition) is 5. The molecule has 3 aliphatic rings. The van der Waals surface area contributed by atoms with Crippen LogP contribution in [-0.4, -0.2) is 41.2 Å². The number of carbonyl (C=O) groups excluding carboxylic acids is 4. The summed E-state index contributed by atoms with van der Waals surface area (Å²) in [6.45, 7) is 3.09. The van der Waals surface area contributed by atoms with Crippen molar-refractivity contribution in [3.05, 3.63) is 30.3 Å². The minimum Gasteiger partial charge on any atom is -0.454 e. The number of para-hydroxylation sites is 1. The lowest BCUT2D eigenvalue weighted by atomic mass is 9.81. The van der Waals surface area contributed by atoms with E-state index in [1.807, 2.05) is 6.07 Å². The van der Waals surface area contributed by atoms with E-state index in [0.29, 0.717) is 5.69 Å². The lowest BCUT2D eigenvalue weighted by Gasteiger charge is -2.28. The predicted molar refractivity (Wildman–Crippen MR) is 104 cm³/mol. The molecule has 0 spiro atoms. The molecule has 1 N–H and O–H groups in total. The van der Waals surface area contributed by atoms with E-state index in [1.165, 1.54) is 0 Å². The number of nitrogens with zero attached hydrogens (tertiary/aromatic N) is 1. The van der Waals surface area contributed by atoms with E-state index in [4.69, 9.17) is 4.74 Å². The Morgan fingerprint density at radius 1 is 1.07 bits per heavy atom. The fourth-order valence-electron chi connectivity index (χ4n) is 5.32. The Morgan fingerprint density at radius 2 is 1.66 bits per heavy atom. The smallest absolute Gasteiger partial charge is 0.330 e. The monoisotopic (exact) mass is 398 g/mol. The molecule has 4 rings (SSSR count). The molecule has 2 saturated carbocycles. The third-order valence-corrected chi connectivity index (χ3v) is 6.52. The van der Waals surface area contributed by atoms with Crippen molar-refractivity contribution < 1.29 is 23.9 Å². The van der Waals surface area contributed by atoms with Crippen molar-refractivity contribution in [2.45, 2.75) is 39.2 Å². The third kappa shape index (κ3) is 3.43. The van der Waals surface area contributed by atoms with Gasteiger partial charge in [-0.2, -0.15) is 0 Å². The van der Waals surface area contributed by atoms with Gasteiger partial charge >= 0.3 is 5.97 Å². The summed E-state index contributed by atoms with van der Waals surface area (Å²) in [7, 11) is 0. The van der Waals surface area contributed by atoms with E-state index in [0.717, 1.165) is 24.2 Å². The van der Waals surface area contributed by atoms with E-state index >= 15 is 0 Å². The van der Waals surface area contributed by atoms with Crippen LogP contribution in [-0.2, 0) is 23.9 Å². The molecule has 0 unspecified atom stereocenters. The lowest BCUT2D eigenvalue weighted by Crippen LogP contribution is -2.50. The van der Waals surface area contributed by atoms with Crippen molar-refractivity contribution in [2.24, 2.45) is 29.6 Å². The van der Waals surface area contributed by atoms with E-state index in [-0.39, 0.29) is 41.4 Å². The zero-order valence-corrected chi connectivity index (χ0v) is 16.7. The number of nitrogens with one attached hydrogen (secondary N) is 1. The zero-order chi connectivity index (χ0) is 20.7. The second-order valence-corrected chi connectivity index (χ2v) is 8.64. The lowest BCUT2D eigenvalue weighted by molar-refractivity contribution is -0.162. The third-order valence-electron chi connectivity index (χ3n) is 6.52. The van der Waals surface area contributed by atoms with Gasteiger partial charge in [-0.1, -0.05) is 32.0 Å². The maximum atomic E-state index is 13.0. The second-order valence-electron chi connectivity index (χ2n) is 8.64. The van der Waals surface area contributed by atoms with Gasteiger partial charge in [-0.3, -0.25) is 19.3 Å². The molecule has 154 valence electrons. The highest BCUT2D eigenvalue weighted by Gasteiger charge is 2.62. The minimum absolute atomic E-state index is 0.239. The summed E-state index contributed by atoms with van der Waals surface area (Å²) in [5.74, 6) is -2.01. The molecule has 0 aromatic heterocycles. The van der Waals surface area contributed by atoms with Gasteiger partial charge in [0.1, 0.15) is 6.04 Å². The quantitative estimate of drug-likeness (QED) is 0.586. The summed E-state index contributed by atoms with van der Waals surface area (Å²) in [5, 5.41) is 2.64. The van der Waals surface area contributed by atoms with E-state index < -0.39 is 24.5 Å². The highest BCUT2D eigenvalue weighted by atomic mass is 16.5. The summed E-state index contributed by atoms with van der Waals surface area (Å²) in [6.07, 6.45) is 2.90.